The minimum absolute atomic E-state index is 0.121. The van der Waals surface area contributed by atoms with Crippen molar-refractivity contribution in [2.45, 2.75) is 19.3 Å². The maximum Gasteiger partial charge on any atom is 0.303 e. The zero-order valence-electron chi connectivity index (χ0n) is 10.8. The lowest BCUT2D eigenvalue weighted by molar-refractivity contribution is -0.384. The Kier molecular flexibility index (Phi) is 4.79. The number of halogens is 1. The average molecular weight is 390 g/mol. The zero-order chi connectivity index (χ0) is 14.7. The van der Waals surface area contributed by atoms with Crippen molar-refractivity contribution < 1.29 is 14.8 Å². The molecule has 108 valence electrons. The summed E-state index contributed by atoms with van der Waals surface area (Å²) in [6, 6.07) is 5.20. The fraction of sp³-hybridized carbons (Fsp3) is 0.462. The molecule has 0 spiro atoms. The molecule has 0 aromatic heterocycles. The fourth-order valence-corrected chi connectivity index (χ4v) is 3.00. The van der Waals surface area contributed by atoms with Crippen LogP contribution in [-0.4, -0.2) is 29.1 Å². The average Bonchev–Trinajstić information content (AvgIpc) is 2.84. The van der Waals surface area contributed by atoms with E-state index in [0.717, 1.165) is 16.5 Å². The first-order valence-corrected chi connectivity index (χ1v) is 7.46. The molecule has 1 saturated heterocycles. The first-order valence-electron chi connectivity index (χ1n) is 6.38. The topological polar surface area (TPSA) is 83.7 Å². The van der Waals surface area contributed by atoms with Gasteiger partial charge in [-0.1, -0.05) is 0 Å². The highest BCUT2D eigenvalue weighted by molar-refractivity contribution is 14.1. The number of nitro benzene ring substituents is 1. The molecule has 1 aliphatic heterocycles. The van der Waals surface area contributed by atoms with E-state index in [4.69, 9.17) is 5.11 Å². The van der Waals surface area contributed by atoms with Gasteiger partial charge in [-0.15, -0.1) is 0 Å². The van der Waals surface area contributed by atoms with E-state index >= 15 is 0 Å². The second-order valence-electron chi connectivity index (χ2n) is 4.92. The summed E-state index contributed by atoms with van der Waals surface area (Å²) in [5.74, 6) is -0.492. The molecule has 2 rings (SSSR count). The molecular formula is C13H15IN2O4. The highest BCUT2D eigenvalue weighted by atomic mass is 127. The number of hydrogen-bond donors (Lipinski definition) is 1. The van der Waals surface area contributed by atoms with Gasteiger partial charge in [-0.05, 0) is 53.5 Å². The summed E-state index contributed by atoms with van der Waals surface area (Å²) >= 11 is 2.06. The number of nitro groups is 1. The third-order valence-electron chi connectivity index (χ3n) is 3.53. The summed E-state index contributed by atoms with van der Waals surface area (Å²) in [6.07, 6.45) is 1.67. The molecule has 1 heterocycles. The van der Waals surface area contributed by atoms with Crippen LogP contribution in [0.1, 0.15) is 19.3 Å². The van der Waals surface area contributed by atoms with Gasteiger partial charge in [-0.3, -0.25) is 14.9 Å². The fourth-order valence-electron chi connectivity index (χ4n) is 2.52. The van der Waals surface area contributed by atoms with Crippen molar-refractivity contribution >= 4 is 39.9 Å². The molecule has 0 saturated carbocycles. The molecule has 1 N–H and O–H groups in total. The van der Waals surface area contributed by atoms with Crippen molar-refractivity contribution in [2.24, 2.45) is 5.92 Å². The highest BCUT2D eigenvalue weighted by Gasteiger charge is 2.27. The summed E-state index contributed by atoms with van der Waals surface area (Å²) in [4.78, 5) is 23.3. The van der Waals surface area contributed by atoms with E-state index < -0.39 is 5.97 Å². The van der Waals surface area contributed by atoms with Gasteiger partial charge in [-0.2, -0.15) is 0 Å². The molecule has 1 unspecified atom stereocenters. The Morgan fingerprint density at radius 3 is 2.95 bits per heavy atom. The maximum atomic E-state index is 11.1. The van der Waals surface area contributed by atoms with Crippen LogP contribution in [0.3, 0.4) is 0 Å². The molecule has 0 aliphatic carbocycles. The van der Waals surface area contributed by atoms with Crippen LogP contribution >= 0.6 is 22.6 Å². The standard InChI is InChI=1S/C13H15IN2O4/c14-10-2-3-11(12(7-10)16(19)20)15-6-5-9(8-15)1-4-13(17)18/h2-3,7,9H,1,4-6,8H2,(H,17,18). The monoisotopic (exact) mass is 390 g/mol. The minimum Gasteiger partial charge on any atom is -0.481 e. The number of carboxylic acids is 1. The second kappa shape index (κ2) is 6.38. The van der Waals surface area contributed by atoms with Crippen LogP contribution in [-0.2, 0) is 4.79 Å². The Labute approximate surface area is 130 Å². The molecule has 20 heavy (non-hydrogen) atoms. The Hall–Kier alpha value is -1.38. The lowest BCUT2D eigenvalue weighted by Crippen LogP contribution is -2.21. The maximum absolute atomic E-state index is 11.1. The van der Waals surface area contributed by atoms with Crippen LogP contribution in [0.5, 0.6) is 0 Å². The van der Waals surface area contributed by atoms with Crippen molar-refractivity contribution in [2.75, 3.05) is 18.0 Å². The number of carbonyl (C=O) groups is 1. The number of benzene rings is 1. The molecule has 0 amide bonds. The van der Waals surface area contributed by atoms with E-state index in [-0.39, 0.29) is 17.0 Å². The highest BCUT2D eigenvalue weighted by Crippen LogP contribution is 2.34. The van der Waals surface area contributed by atoms with E-state index in [9.17, 15) is 14.9 Å². The van der Waals surface area contributed by atoms with Crippen LogP contribution in [0.15, 0.2) is 18.2 Å². The van der Waals surface area contributed by atoms with Gasteiger partial charge < -0.3 is 10.0 Å². The summed E-state index contributed by atoms with van der Waals surface area (Å²) < 4.78 is 0.833. The van der Waals surface area contributed by atoms with Crippen molar-refractivity contribution in [3.05, 3.63) is 31.9 Å². The smallest absolute Gasteiger partial charge is 0.303 e. The second-order valence-corrected chi connectivity index (χ2v) is 6.17. The predicted molar refractivity (Wildman–Crippen MR) is 83.0 cm³/mol. The number of carboxylic acid groups (broad SMARTS) is 1. The molecule has 7 heteroatoms. The Morgan fingerprint density at radius 1 is 1.55 bits per heavy atom. The Bertz CT molecular complexity index is 535. The summed E-state index contributed by atoms with van der Waals surface area (Å²) in [5, 5.41) is 19.8. The van der Waals surface area contributed by atoms with Gasteiger partial charge in [0.1, 0.15) is 5.69 Å². The lowest BCUT2D eigenvalue weighted by Gasteiger charge is -2.18. The summed E-state index contributed by atoms with van der Waals surface area (Å²) in [6.45, 7) is 1.43. The van der Waals surface area contributed by atoms with Crippen molar-refractivity contribution in [3.63, 3.8) is 0 Å². The van der Waals surface area contributed by atoms with Crippen LogP contribution < -0.4 is 4.90 Å². The molecule has 1 aromatic carbocycles. The molecule has 1 aliphatic rings. The molecule has 0 bridgehead atoms. The van der Waals surface area contributed by atoms with E-state index in [1.54, 1.807) is 12.1 Å². The summed E-state index contributed by atoms with van der Waals surface area (Å²) in [5.41, 5.74) is 0.754. The van der Waals surface area contributed by atoms with Crippen LogP contribution in [0, 0.1) is 19.6 Å². The van der Waals surface area contributed by atoms with Crippen molar-refractivity contribution in [1.82, 2.24) is 0 Å². The molecule has 6 nitrogen and oxygen atoms in total. The minimum atomic E-state index is -0.788. The molecule has 1 fully saturated rings. The Balaban J connectivity index is 2.10. The predicted octanol–water partition coefficient (Wildman–Crippen LogP) is 2.89. The van der Waals surface area contributed by atoms with E-state index in [0.29, 0.717) is 24.6 Å². The number of aliphatic carboxylic acids is 1. The van der Waals surface area contributed by atoms with Gasteiger partial charge >= 0.3 is 5.97 Å². The third-order valence-corrected chi connectivity index (χ3v) is 4.20. The van der Waals surface area contributed by atoms with Crippen LogP contribution in [0.4, 0.5) is 11.4 Å². The first kappa shape index (κ1) is 15.0. The Morgan fingerprint density at radius 2 is 2.30 bits per heavy atom. The van der Waals surface area contributed by atoms with E-state index in [1.165, 1.54) is 0 Å². The third kappa shape index (κ3) is 3.59. The van der Waals surface area contributed by atoms with Crippen LogP contribution in [0.25, 0.3) is 0 Å². The van der Waals surface area contributed by atoms with Gasteiger partial charge in [0, 0.05) is 29.1 Å². The molecule has 1 atom stereocenters. The summed E-state index contributed by atoms with van der Waals surface area (Å²) in [7, 11) is 0. The van der Waals surface area contributed by atoms with E-state index in [1.807, 2.05) is 11.0 Å². The number of nitrogens with zero attached hydrogens (tertiary/aromatic N) is 2. The van der Waals surface area contributed by atoms with Gasteiger partial charge in [0.25, 0.3) is 5.69 Å². The van der Waals surface area contributed by atoms with Crippen molar-refractivity contribution in [3.8, 4) is 0 Å². The van der Waals surface area contributed by atoms with Gasteiger partial charge in [0.05, 0.1) is 4.92 Å². The number of hydrogen-bond acceptors (Lipinski definition) is 4. The largest absolute Gasteiger partial charge is 0.481 e. The number of anilines is 1. The van der Waals surface area contributed by atoms with Gasteiger partial charge in [0.2, 0.25) is 0 Å². The first-order chi connectivity index (χ1) is 9.47. The van der Waals surface area contributed by atoms with E-state index in [2.05, 4.69) is 22.6 Å². The van der Waals surface area contributed by atoms with Gasteiger partial charge in [-0.25, -0.2) is 0 Å². The molecule has 0 radical (unpaired) electrons. The van der Waals surface area contributed by atoms with Gasteiger partial charge in [0.15, 0.2) is 0 Å². The molecule has 1 aromatic rings. The van der Waals surface area contributed by atoms with Crippen molar-refractivity contribution in [1.29, 1.82) is 0 Å². The number of rotatable bonds is 5. The lowest BCUT2D eigenvalue weighted by atomic mass is 10.0. The van der Waals surface area contributed by atoms with Crippen LogP contribution in [0.2, 0.25) is 0 Å². The zero-order valence-corrected chi connectivity index (χ0v) is 12.9. The molecular weight excluding hydrogens is 375 g/mol. The quantitative estimate of drug-likeness (QED) is 0.475. The normalized spacial score (nSPS) is 18.2. The SMILES string of the molecule is O=C(O)CCC1CCN(c2ccc(I)cc2[N+](=O)[O-])C1.